The van der Waals surface area contributed by atoms with Gasteiger partial charge in [-0.25, -0.2) is 0 Å². The summed E-state index contributed by atoms with van der Waals surface area (Å²) in [6, 6.07) is 13.5. The summed E-state index contributed by atoms with van der Waals surface area (Å²) in [5.41, 5.74) is 1.55. The van der Waals surface area contributed by atoms with Crippen LogP contribution in [0.15, 0.2) is 54.6 Å². The van der Waals surface area contributed by atoms with Crippen LogP contribution in [0.1, 0.15) is 31.0 Å². The highest BCUT2D eigenvalue weighted by Crippen LogP contribution is 2.18. The first-order valence-corrected chi connectivity index (χ1v) is 7.95. The standard InChI is InChI=1S/C19H20N2O4/c1-3-25-18-10-8-16(9-11-18)14(2)20-19(22)12-7-15-5-4-6-17(13-15)21(23)24/h4-14H,3H2,1-2H3,(H,20,22)/b12-7+/t14-/m0/s1. The zero-order valence-electron chi connectivity index (χ0n) is 14.1. The van der Waals surface area contributed by atoms with Crippen molar-refractivity contribution in [3.8, 4) is 5.75 Å². The number of rotatable bonds is 7. The molecule has 1 N–H and O–H groups in total. The summed E-state index contributed by atoms with van der Waals surface area (Å²) >= 11 is 0. The van der Waals surface area contributed by atoms with Crippen molar-refractivity contribution in [2.45, 2.75) is 19.9 Å². The van der Waals surface area contributed by atoms with Gasteiger partial charge in [0.15, 0.2) is 0 Å². The van der Waals surface area contributed by atoms with Crippen LogP contribution < -0.4 is 10.1 Å². The second kappa shape index (κ2) is 8.63. The lowest BCUT2D eigenvalue weighted by Gasteiger charge is -2.13. The van der Waals surface area contributed by atoms with Crippen molar-refractivity contribution in [2.75, 3.05) is 6.61 Å². The van der Waals surface area contributed by atoms with E-state index in [2.05, 4.69) is 5.32 Å². The topological polar surface area (TPSA) is 81.5 Å². The van der Waals surface area contributed by atoms with Crippen molar-refractivity contribution in [2.24, 2.45) is 0 Å². The van der Waals surface area contributed by atoms with E-state index < -0.39 is 4.92 Å². The zero-order valence-corrected chi connectivity index (χ0v) is 14.1. The predicted molar refractivity (Wildman–Crippen MR) is 96.3 cm³/mol. The molecule has 2 rings (SSSR count). The van der Waals surface area contributed by atoms with Gasteiger partial charge in [0.05, 0.1) is 17.6 Å². The number of carbonyl (C=O) groups excluding carboxylic acids is 1. The highest BCUT2D eigenvalue weighted by atomic mass is 16.6. The minimum Gasteiger partial charge on any atom is -0.494 e. The van der Waals surface area contributed by atoms with Crippen LogP contribution in [-0.4, -0.2) is 17.4 Å². The molecule has 1 atom stereocenters. The van der Waals surface area contributed by atoms with E-state index >= 15 is 0 Å². The van der Waals surface area contributed by atoms with Gasteiger partial charge in [0.1, 0.15) is 5.75 Å². The van der Waals surface area contributed by atoms with Gasteiger partial charge in [-0.15, -0.1) is 0 Å². The van der Waals surface area contributed by atoms with Crippen molar-refractivity contribution in [1.82, 2.24) is 5.32 Å². The van der Waals surface area contributed by atoms with Crippen LogP contribution in [0.4, 0.5) is 5.69 Å². The van der Waals surface area contributed by atoms with Gasteiger partial charge in [0, 0.05) is 18.2 Å². The number of carbonyl (C=O) groups is 1. The maximum absolute atomic E-state index is 12.0. The third kappa shape index (κ3) is 5.46. The molecule has 0 aliphatic heterocycles. The second-order valence-corrected chi connectivity index (χ2v) is 5.42. The van der Waals surface area contributed by atoms with E-state index in [-0.39, 0.29) is 17.6 Å². The summed E-state index contributed by atoms with van der Waals surface area (Å²) in [6.45, 7) is 4.41. The van der Waals surface area contributed by atoms with E-state index in [1.807, 2.05) is 38.1 Å². The Morgan fingerprint density at radius 2 is 2.00 bits per heavy atom. The van der Waals surface area contributed by atoms with Gasteiger partial charge in [-0.3, -0.25) is 14.9 Å². The molecule has 6 nitrogen and oxygen atoms in total. The lowest BCUT2D eigenvalue weighted by atomic mass is 10.1. The normalized spacial score (nSPS) is 11.9. The molecular formula is C19H20N2O4. The number of hydrogen-bond acceptors (Lipinski definition) is 4. The van der Waals surface area contributed by atoms with E-state index in [0.717, 1.165) is 11.3 Å². The van der Waals surface area contributed by atoms with Crippen molar-refractivity contribution in [3.63, 3.8) is 0 Å². The first-order chi connectivity index (χ1) is 12.0. The Morgan fingerprint density at radius 3 is 2.64 bits per heavy atom. The van der Waals surface area contributed by atoms with E-state index in [4.69, 9.17) is 4.74 Å². The fourth-order valence-corrected chi connectivity index (χ4v) is 2.28. The quantitative estimate of drug-likeness (QED) is 0.471. The number of non-ortho nitro benzene ring substituents is 1. The first kappa shape index (κ1) is 18.2. The average molecular weight is 340 g/mol. The van der Waals surface area contributed by atoms with Crippen LogP contribution in [0.3, 0.4) is 0 Å². The Kier molecular flexibility index (Phi) is 6.28. The summed E-state index contributed by atoms with van der Waals surface area (Å²) in [6.07, 6.45) is 2.91. The Bertz CT molecular complexity index is 769. The van der Waals surface area contributed by atoms with E-state index in [0.29, 0.717) is 12.2 Å². The number of ether oxygens (including phenoxy) is 1. The molecule has 0 aliphatic rings. The third-order valence-electron chi connectivity index (χ3n) is 3.56. The Morgan fingerprint density at radius 1 is 1.28 bits per heavy atom. The monoisotopic (exact) mass is 340 g/mol. The molecule has 0 saturated heterocycles. The molecule has 0 aliphatic carbocycles. The molecule has 130 valence electrons. The number of nitrogens with zero attached hydrogens (tertiary/aromatic N) is 1. The smallest absolute Gasteiger partial charge is 0.270 e. The molecule has 0 aromatic heterocycles. The zero-order chi connectivity index (χ0) is 18.2. The summed E-state index contributed by atoms with van der Waals surface area (Å²) in [4.78, 5) is 22.3. The van der Waals surface area contributed by atoms with Gasteiger partial charge in [0.25, 0.3) is 5.69 Å². The Hall–Kier alpha value is -3.15. The summed E-state index contributed by atoms with van der Waals surface area (Å²) < 4.78 is 5.39. The van der Waals surface area contributed by atoms with E-state index in [1.54, 1.807) is 18.2 Å². The molecular weight excluding hydrogens is 320 g/mol. The van der Waals surface area contributed by atoms with Crippen LogP contribution in [0.25, 0.3) is 6.08 Å². The number of hydrogen-bond donors (Lipinski definition) is 1. The summed E-state index contributed by atoms with van der Waals surface area (Å²) in [7, 11) is 0. The molecule has 0 heterocycles. The van der Waals surface area contributed by atoms with Crippen LogP contribution in [0.5, 0.6) is 5.75 Å². The van der Waals surface area contributed by atoms with Crippen LogP contribution in [0.2, 0.25) is 0 Å². The Labute approximate surface area is 146 Å². The molecule has 0 unspecified atom stereocenters. The number of nitrogens with one attached hydrogen (secondary N) is 1. The van der Waals surface area contributed by atoms with Gasteiger partial charge in [0.2, 0.25) is 5.91 Å². The van der Waals surface area contributed by atoms with Gasteiger partial charge >= 0.3 is 0 Å². The number of nitro benzene ring substituents is 1. The maximum Gasteiger partial charge on any atom is 0.270 e. The van der Waals surface area contributed by atoms with Gasteiger partial charge in [-0.1, -0.05) is 24.3 Å². The van der Waals surface area contributed by atoms with Crippen molar-refractivity contribution >= 4 is 17.7 Å². The second-order valence-electron chi connectivity index (χ2n) is 5.42. The molecule has 0 fully saturated rings. The molecule has 25 heavy (non-hydrogen) atoms. The third-order valence-corrected chi connectivity index (χ3v) is 3.56. The lowest BCUT2D eigenvalue weighted by molar-refractivity contribution is -0.384. The molecule has 2 aromatic rings. The minimum atomic E-state index is -0.467. The average Bonchev–Trinajstić information content (AvgIpc) is 2.61. The number of amides is 1. The minimum absolute atomic E-state index is 0.00897. The number of benzene rings is 2. The van der Waals surface area contributed by atoms with Crippen LogP contribution in [0, 0.1) is 10.1 Å². The molecule has 0 bridgehead atoms. The highest BCUT2D eigenvalue weighted by Gasteiger charge is 2.08. The van der Waals surface area contributed by atoms with Crippen molar-refractivity contribution in [1.29, 1.82) is 0 Å². The fourth-order valence-electron chi connectivity index (χ4n) is 2.28. The SMILES string of the molecule is CCOc1ccc([C@H](C)NC(=O)/C=C/c2cccc([N+](=O)[O-])c2)cc1. The fraction of sp³-hybridized carbons (Fsp3) is 0.211. The van der Waals surface area contributed by atoms with Crippen molar-refractivity contribution in [3.05, 3.63) is 75.8 Å². The molecule has 0 saturated carbocycles. The van der Waals surface area contributed by atoms with E-state index in [1.165, 1.54) is 18.2 Å². The summed E-state index contributed by atoms with van der Waals surface area (Å²) in [5, 5.41) is 13.6. The van der Waals surface area contributed by atoms with Crippen LogP contribution in [-0.2, 0) is 4.79 Å². The highest BCUT2D eigenvalue weighted by molar-refractivity contribution is 5.92. The molecule has 0 radical (unpaired) electrons. The van der Waals surface area contributed by atoms with Crippen LogP contribution >= 0.6 is 0 Å². The van der Waals surface area contributed by atoms with Gasteiger partial charge < -0.3 is 10.1 Å². The molecule has 2 aromatic carbocycles. The lowest BCUT2D eigenvalue weighted by Crippen LogP contribution is -2.24. The number of nitro groups is 1. The van der Waals surface area contributed by atoms with E-state index in [9.17, 15) is 14.9 Å². The first-order valence-electron chi connectivity index (χ1n) is 7.95. The molecule has 1 amide bonds. The Balaban J connectivity index is 1.96. The van der Waals surface area contributed by atoms with Crippen molar-refractivity contribution < 1.29 is 14.5 Å². The molecule has 6 heteroatoms. The van der Waals surface area contributed by atoms with Gasteiger partial charge in [-0.05, 0) is 43.2 Å². The largest absolute Gasteiger partial charge is 0.494 e. The molecule has 0 spiro atoms. The van der Waals surface area contributed by atoms with Gasteiger partial charge in [-0.2, -0.15) is 0 Å². The predicted octanol–water partition coefficient (Wildman–Crippen LogP) is 3.88. The maximum atomic E-state index is 12.0. The summed E-state index contributed by atoms with van der Waals surface area (Å²) in [5.74, 6) is 0.517.